The Kier molecular flexibility index (Phi) is 7.13. The standard InChI is InChI=1S/C25H28N2O3S/c1-4-24(21-8-6-5-7-9-21)26-25(28)18-27(22-14-10-19(2)11-15-22)31(29,30)23-16-12-20(3)13-17-23/h5-17,24H,4,18H2,1-3H3,(H,26,28). The molecule has 0 heterocycles. The van der Waals surface area contributed by atoms with Crippen LogP contribution in [0.3, 0.4) is 0 Å². The molecular formula is C25H28N2O3S. The second kappa shape index (κ2) is 9.79. The van der Waals surface area contributed by atoms with Crippen LogP contribution in [0.2, 0.25) is 0 Å². The molecule has 0 saturated carbocycles. The Morgan fingerprint density at radius 3 is 1.97 bits per heavy atom. The SMILES string of the molecule is CCC(NC(=O)CN(c1ccc(C)cc1)S(=O)(=O)c1ccc(C)cc1)c1ccccc1. The number of nitrogens with zero attached hydrogens (tertiary/aromatic N) is 1. The van der Waals surface area contributed by atoms with Gasteiger partial charge in [0.15, 0.2) is 0 Å². The summed E-state index contributed by atoms with van der Waals surface area (Å²) in [5, 5.41) is 2.98. The van der Waals surface area contributed by atoms with Crippen molar-refractivity contribution in [2.45, 2.75) is 38.1 Å². The van der Waals surface area contributed by atoms with Crippen molar-refractivity contribution in [3.63, 3.8) is 0 Å². The maximum atomic E-state index is 13.4. The molecule has 1 N–H and O–H groups in total. The highest BCUT2D eigenvalue weighted by Gasteiger charge is 2.28. The van der Waals surface area contributed by atoms with Gasteiger partial charge in [-0.3, -0.25) is 9.10 Å². The zero-order valence-electron chi connectivity index (χ0n) is 18.1. The number of benzene rings is 3. The molecule has 0 aliphatic rings. The van der Waals surface area contributed by atoms with Gasteiger partial charge in [-0.1, -0.05) is 72.6 Å². The molecule has 1 amide bonds. The molecule has 0 bridgehead atoms. The molecule has 0 spiro atoms. The Hall–Kier alpha value is -3.12. The van der Waals surface area contributed by atoms with E-state index in [0.717, 1.165) is 16.7 Å². The van der Waals surface area contributed by atoms with Gasteiger partial charge in [0.05, 0.1) is 16.6 Å². The van der Waals surface area contributed by atoms with Crippen LogP contribution in [-0.4, -0.2) is 20.9 Å². The van der Waals surface area contributed by atoms with Crippen molar-refractivity contribution in [2.24, 2.45) is 0 Å². The molecule has 3 aromatic carbocycles. The average molecular weight is 437 g/mol. The number of carbonyl (C=O) groups excluding carboxylic acids is 1. The Labute approximate surface area is 184 Å². The summed E-state index contributed by atoms with van der Waals surface area (Å²) < 4.78 is 28.0. The van der Waals surface area contributed by atoms with Crippen LogP contribution in [0.25, 0.3) is 0 Å². The molecule has 162 valence electrons. The molecule has 0 fully saturated rings. The molecule has 5 nitrogen and oxygen atoms in total. The maximum Gasteiger partial charge on any atom is 0.264 e. The molecule has 3 rings (SSSR count). The minimum Gasteiger partial charge on any atom is -0.348 e. The van der Waals surface area contributed by atoms with Crippen molar-refractivity contribution < 1.29 is 13.2 Å². The van der Waals surface area contributed by atoms with E-state index in [9.17, 15) is 13.2 Å². The van der Waals surface area contributed by atoms with E-state index in [1.807, 2.05) is 63.2 Å². The van der Waals surface area contributed by atoms with Crippen molar-refractivity contribution in [2.75, 3.05) is 10.8 Å². The van der Waals surface area contributed by atoms with E-state index in [4.69, 9.17) is 0 Å². The first-order chi connectivity index (χ1) is 14.8. The molecule has 31 heavy (non-hydrogen) atoms. The van der Waals surface area contributed by atoms with Gasteiger partial charge in [-0.15, -0.1) is 0 Å². The van der Waals surface area contributed by atoms with Crippen LogP contribution in [0, 0.1) is 13.8 Å². The minimum atomic E-state index is -3.91. The van der Waals surface area contributed by atoms with Gasteiger partial charge < -0.3 is 5.32 Å². The second-order valence-electron chi connectivity index (χ2n) is 7.60. The molecule has 1 atom stereocenters. The predicted molar refractivity (Wildman–Crippen MR) is 125 cm³/mol. The molecule has 0 radical (unpaired) electrons. The van der Waals surface area contributed by atoms with E-state index in [1.54, 1.807) is 36.4 Å². The summed E-state index contributed by atoms with van der Waals surface area (Å²) in [6.45, 7) is 5.51. The van der Waals surface area contributed by atoms with Gasteiger partial charge in [0.2, 0.25) is 5.91 Å². The van der Waals surface area contributed by atoms with Crippen molar-refractivity contribution >= 4 is 21.6 Å². The molecular weight excluding hydrogens is 408 g/mol. The fraction of sp³-hybridized carbons (Fsp3) is 0.240. The molecule has 6 heteroatoms. The molecule has 0 aliphatic carbocycles. The van der Waals surface area contributed by atoms with Crippen LogP contribution in [0.4, 0.5) is 5.69 Å². The lowest BCUT2D eigenvalue weighted by Gasteiger charge is -2.26. The topological polar surface area (TPSA) is 66.5 Å². The highest BCUT2D eigenvalue weighted by atomic mass is 32.2. The molecule has 0 aromatic heterocycles. The van der Waals surface area contributed by atoms with Gasteiger partial charge in [0.25, 0.3) is 10.0 Å². The zero-order chi connectivity index (χ0) is 22.4. The number of nitrogens with one attached hydrogen (secondary N) is 1. The summed E-state index contributed by atoms with van der Waals surface area (Å²) >= 11 is 0. The quantitative estimate of drug-likeness (QED) is 0.553. The van der Waals surface area contributed by atoms with E-state index in [1.165, 1.54) is 4.31 Å². The van der Waals surface area contributed by atoms with Crippen LogP contribution in [0.15, 0.2) is 83.8 Å². The number of sulfonamides is 1. The lowest BCUT2D eigenvalue weighted by Crippen LogP contribution is -2.42. The summed E-state index contributed by atoms with van der Waals surface area (Å²) in [4.78, 5) is 13.1. The van der Waals surface area contributed by atoms with Crippen LogP contribution in [-0.2, 0) is 14.8 Å². The molecule has 0 aliphatic heterocycles. The van der Waals surface area contributed by atoms with Crippen LogP contribution < -0.4 is 9.62 Å². The van der Waals surface area contributed by atoms with E-state index in [2.05, 4.69) is 5.32 Å². The Bertz CT molecular complexity index is 1110. The fourth-order valence-electron chi connectivity index (χ4n) is 3.34. The smallest absolute Gasteiger partial charge is 0.264 e. The number of anilines is 1. The minimum absolute atomic E-state index is 0.154. The number of carbonyl (C=O) groups is 1. The Morgan fingerprint density at radius 2 is 1.42 bits per heavy atom. The lowest BCUT2D eigenvalue weighted by molar-refractivity contribution is -0.120. The van der Waals surface area contributed by atoms with Crippen LogP contribution in [0.5, 0.6) is 0 Å². The number of amides is 1. The van der Waals surface area contributed by atoms with E-state index in [-0.39, 0.29) is 23.4 Å². The van der Waals surface area contributed by atoms with Crippen LogP contribution >= 0.6 is 0 Å². The predicted octanol–water partition coefficient (Wildman–Crippen LogP) is 4.77. The summed E-state index contributed by atoms with van der Waals surface area (Å²) in [6, 6.07) is 23.3. The van der Waals surface area contributed by atoms with E-state index >= 15 is 0 Å². The summed E-state index contributed by atoms with van der Waals surface area (Å²) in [5.41, 5.74) is 3.42. The Balaban J connectivity index is 1.90. The first-order valence-electron chi connectivity index (χ1n) is 10.3. The van der Waals surface area contributed by atoms with Crippen molar-refractivity contribution in [3.05, 3.63) is 95.6 Å². The maximum absolute atomic E-state index is 13.4. The number of aryl methyl sites for hydroxylation is 2. The van der Waals surface area contributed by atoms with Gasteiger partial charge in [0, 0.05) is 0 Å². The van der Waals surface area contributed by atoms with Gasteiger partial charge in [-0.25, -0.2) is 8.42 Å². The average Bonchev–Trinajstić information content (AvgIpc) is 2.77. The Morgan fingerprint density at radius 1 is 0.871 bits per heavy atom. The number of hydrogen-bond donors (Lipinski definition) is 1. The normalized spacial score (nSPS) is 12.2. The lowest BCUT2D eigenvalue weighted by atomic mass is 10.0. The second-order valence-corrected chi connectivity index (χ2v) is 9.46. The van der Waals surface area contributed by atoms with E-state index < -0.39 is 10.0 Å². The monoisotopic (exact) mass is 436 g/mol. The molecule has 1 unspecified atom stereocenters. The highest BCUT2D eigenvalue weighted by Crippen LogP contribution is 2.25. The highest BCUT2D eigenvalue weighted by molar-refractivity contribution is 7.92. The number of rotatable bonds is 8. The first kappa shape index (κ1) is 22.6. The van der Waals surface area contributed by atoms with Crippen LogP contribution in [0.1, 0.15) is 36.1 Å². The summed E-state index contributed by atoms with van der Waals surface area (Å²) in [5.74, 6) is -0.355. The van der Waals surface area contributed by atoms with E-state index in [0.29, 0.717) is 12.1 Å². The number of hydrogen-bond acceptors (Lipinski definition) is 3. The third-order valence-corrected chi connectivity index (χ3v) is 6.95. The van der Waals surface area contributed by atoms with Gasteiger partial charge in [-0.2, -0.15) is 0 Å². The first-order valence-corrected chi connectivity index (χ1v) is 11.8. The van der Waals surface area contributed by atoms with Crippen molar-refractivity contribution in [1.29, 1.82) is 0 Å². The van der Waals surface area contributed by atoms with Crippen molar-refractivity contribution in [3.8, 4) is 0 Å². The molecule has 3 aromatic rings. The van der Waals surface area contributed by atoms with Gasteiger partial charge in [-0.05, 0) is 50.1 Å². The van der Waals surface area contributed by atoms with Gasteiger partial charge >= 0.3 is 0 Å². The van der Waals surface area contributed by atoms with Gasteiger partial charge in [0.1, 0.15) is 6.54 Å². The third-order valence-electron chi connectivity index (χ3n) is 5.16. The molecule has 0 saturated heterocycles. The summed E-state index contributed by atoms with van der Waals surface area (Å²) in [6.07, 6.45) is 0.699. The summed E-state index contributed by atoms with van der Waals surface area (Å²) in [7, 11) is -3.91. The zero-order valence-corrected chi connectivity index (χ0v) is 18.9. The van der Waals surface area contributed by atoms with Crippen molar-refractivity contribution in [1.82, 2.24) is 5.32 Å². The third kappa shape index (κ3) is 5.52. The largest absolute Gasteiger partial charge is 0.348 e. The fourth-order valence-corrected chi connectivity index (χ4v) is 4.76.